The van der Waals surface area contributed by atoms with Crippen molar-refractivity contribution in [1.82, 2.24) is 0 Å². The molecule has 0 saturated heterocycles. The van der Waals surface area contributed by atoms with Crippen LogP contribution in [-0.4, -0.2) is 12.7 Å². The Hall–Kier alpha value is -2.22. The second kappa shape index (κ2) is 5.28. The molecule has 1 heterocycles. The number of fused-ring (bicyclic) bond motifs is 3. The third-order valence-electron chi connectivity index (χ3n) is 4.36. The molecule has 0 bridgehead atoms. The van der Waals surface area contributed by atoms with Gasteiger partial charge in [-0.2, -0.15) is 0 Å². The zero-order valence-electron chi connectivity index (χ0n) is 11.8. The summed E-state index contributed by atoms with van der Waals surface area (Å²) >= 11 is 0. The van der Waals surface area contributed by atoms with Crippen LogP contribution in [0.15, 0.2) is 66.7 Å². The van der Waals surface area contributed by atoms with Crippen LogP contribution in [0.1, 0.15) is 17.9 Å². The van der Waals surface area contributed by atoms with E-state index in [4.69, 9.17) is 9.47 Å². The quantitative estimate of drug-likeness (QED) is 0.767. The zero-order chi connectivity index (χ0) is 14.1. The molecule has 0 N–H and O–H groups in total. The van der Waals surface area contributed by atoms with Crippen molar-refractivity contribution in [1.29, 1.82) is 0 Å². The molecule has 3 atom stereocenters. The fourth-order valence-electron chi connectivity index (χ4n) is 3.30. The lowest BCUT2D eigenvalue weighted by atomic mass is 9.77. The molecule has 0 aromatic heterocycles. The highest BCUT2D eigenvalue weighted by Gasteiger charge is 2.34. The van der Waals surface area contributed by atoms with Crippen molar-refractivity contribution >= 4 is 0 Å². The minimum absolute atomic E-state index is 0.139. The Morgan fingerprint density at radius 1 is 0.905 bits per heavy atom. The van der Waals surface area contributed by atoms with Crippen molar-refractivity contribution < 1.29 is 9.47 Å². The number of para-hydroxylation sites is 2. The van der Waals surface area contributed by atoms with Crippen LogP contribution in [0.4, 0.5) is 0 Å². The van der Waals surface area contributed by atoms with Crippen LogP contribution >= 0.6 is 0 Å². The van der Waals surface area contributed by atoms with E-state index in [1.807, 2.05) is 36.4 Å². The highest BCUT2D eigenvalue weighted by molar-refractivity contribution is 5.40. The van der Waals surface area contributed by atoms with Crippen molar-refractivity contribution in [3.8, 4) is 11.5 Å². The van der Waals surface area contributed by atoms with Crippen LogP contribution in [0.5, 0.6) is 11.5 Å². The molecule has 0 radical (unpaired) electrons. The monoisotopic (exact) mass is 278 g/mol. The third-order valence-corrected chi connectivity index (χ3v) is 4.36. The van der Waals surface area contributed by atoms with Gasteiger partial charge in [-0.25, -0.2) is 0 Å². The Labute approximate surface area is 125 Å². The van der Waals surface area contributed by atoms with Crippen molar-refractivity contribution in [2.45, 2.75) is 18.4 Å². The van der Waals surface area contributed by atoms with E-state index in [2.05, 4.69) is 30.4 Å². The van der Waals surface area contributed by atoms with Gasteiger partial charge in [0.15, 0.2) is 0 Å². The topological polar surface area (TPSA) is 18.5 Å². The highest BCUT2D eigenvalue weighted by atomic mass is 16.5. The zero-order valence-corrected chi connectivity index (χ0v) is 11.8. The first-order valence-corrected chi connectivity index (χ1v) is 7.52. The summed E-state index contributed by atoms with van der Waals surface area (Å²) in [7, 11) is 0. The molecule has 21 heavy (non-hydrogen) atoms. The number of hydrogen-bond donors (Lipinski definition) is 0. The summed E-state index contributed by atoms with van der Waals surface area (Å²) in [5.74, 6) is 2.93. The predicted molar refractivity (Wildman–Crippen MR) is 82.8 cm³/mol. The third kappa shape index (κ3) is 2.42. The molecule has 106 valence electrons. The number of rotatable bonds is 2. The minimum atomic E-state index is 0.139. The molecule has 2 nitrogen and oxygen atoms in total. The summed E-state index contributed by atoms with van der Waals surface area (Å²) in [4.78, 5) is 0. The van der Waals surface area contributed by atoms with Crippen LogP contribution in [-0.2, 0) is 0 Å². The fourth-order valence-corrected chi connectivity index (χ4v) is 3.30. The van der Waals surface area contributed by atoms with Crippen LogP contribution in [0.25, 0.3) is 0 Å². The highest BCUT2D eigenvalue weighted by Crippen LogP contribution is 2.43. The molecule has 1 aliphatic carbocycles. The molecule has 0 saturated carbocycles. The van der Waals surface area contributed by atoms with Crippen LogP contribution < -0.4 is 9.47 Å². The summed E-state index contributed by atoms with van der Waals surface area (Å²) in [5, 5.41) is 0. The molecular weight excluding hydrogens is 260 g/mol. The van der Waals surface area contributed by atoms with Crippen LogP contribution in [0.3, 0.4) is 0 Å². The Kier molecular flexibility index (Phi) is 3.15. The first kappa shape index (κ1) is 12.5. The summed E-state index contributed by atoms with van der Waals surface area (Å²) in [6.45, 7) is 0.774. The molecule has 0 amide bonds. The van der Waals surface area contributed by atoms with E-state index < -0.39 is 0 Å². The molecule has 1 aliphatic heterocycles. The Morgan fingerprint density at radius 3 is 2.62 bits per heavy atom. The van der Waals surface area contributed by atoms with Gasteiger partial charge in [-0.1, -0.05) is 42.5 Å². The van der Waals surface area contributed by atoms with Crippen molar-refractivity contribution in [3.05, 3.63) is 72.3 Å². The molecule has 0 fully saturated rings. The van der Waals surface area contributed by atoms with Crippen molar-refractivity contribution in [3.63, 3.8) is 0 Å². The predicted octanol–water partition coefficient (Wildman–Crippen LogP) is 4.19. The van der Waals surface area contributed by atoms with E-state index in [9.17, 15) is 0 Å². The number of benzene rings is 2. The largest absolute Gasteiger partial charge is 0.493 e. The maximum Gasteiger partial charge on any atom is 0.122 e. The molecular formula is C19H18O2. The molecule has 0 unspecified atom stereocenters. The first-order chi connectivity index (χ1) is 10.4. The van der Waals surface area contributed by atoms with Crippen LogP contribution in [0.2, 0.25) is 0 Å². The van der Waals surface area contributed by atoms with E-state index in [1.54, 1.807) is 0 Å². The normalized spacial score (nSPS) is 26.4. The summed E-state index contributed by atoms with van der Waals surface area (Å²) < 4.78 is 11.9. The van der Waals surface area contributed by atoms with Crippen LogP contribution in [0, 0.1) is 5.92 Å². The van der Waals surface area contributed by atoms with Crippen molar-refractivity contribution in [2.24, 2.45) is 5.92 Å². The lowest BCUT2D eigenvalue weighted by molar-refractivity contribution is 0.161. The van der Waals surface area contributed by atoms with E-state index in [1.165, 1.54) is 5.56 Å². The standard InChI is InChI=1S/C19H18O2/c1-2-6-15(7-3-1)21-16-11-10-14-13-20-19-9-5-4-8-17(19)18(14)12-16/h1-11,14,16,18H,12-13H2/t14-,16-,18-/m1/s1. The second-order valence-electron chi connectivity index (χ2n) is 5.71. The molecule has 2 aromatic rings. The van der Waals surface area contributed by atoms with E-state index in [-0.39, 0.29) is 6.10 Å². The molecule has 2 heteroatoms. The average molecular weight is 278 g/mol. The molecule has 4 rings (SSSR count). The number of hydrogen-bond acceptors (Lipinski definition) is 2. The second-order valence-corrected chi connectivity index (χ2v) is 5.71. The van der Waals surface area contributed by atoms with E-state index >= 15 is 0 Å². The Morgan fingerprint density at radius 2 is 1.71 bits per heavy atom. The first-order valence-electron chi connectivity index (χ1n) is 7.52. The Balaban J connectivity index is 1.57. The molecule has 0 spiro atoms. The van der Waals surface area contributed by atoms with Gasteiger partial charge in [0.05, 0.1) is 6.61 Å². The van der Waals surface area contributed by atoms with E-state index in [0.717, 1.165) is 24.5 Å². The molecule has 2 aliphatic rings. The summed E-state index contributed by atoms with van der Waals surface area (Å²) in [5.41, 5.74) is 1.32. The summed E-state index contributed by atoms with van der Waals surface area (Å²) in [6, 6.07) is 18.4. The van der Waals surface area contributed by atoms with Gasteiger partial charge in [-0.3, -0.25) is 0 Å². The SMILES string of the molecule is C1=C[C@@H]2COc3ccccc3[C@@H]2C[C@@H]1Oc1ccccc1. The van der Waals surface area contributed by atoms with Gasteiger partial charge >= 0.3 is 0 Å². The summed E-state index contributed by atoms with van der Waals surface area (Å²) in [6.07, 6.45) is 5.60. The smallest absolute Gasteiger partial charge is 0.122 e. The van der Waals surface area contributed by atoms with Gasteiger partial charge in [0.2, 0.25) is 0 Å². The Bertz CT molecular complexity index is 648. The fraction of sp³-hybridized carbons (Fsp3) is 0.263. The van der Waals surface area contributed by atoms with E-state index in [0.29, 0.717) is 11.8 Å². The molecule has 2 aromatic carbocycles. The van der Waals surface area contributed by atoms with Gasteiger partial charge in [0.25, 0.3) is 0 Å². The van der Waals surface area contributed by atoms with Crippen molar-refractivity contribution in [2.75, 3.05) is 6.61 Å². The lowest BCUT2D eigenvalue weighted by Crippen LogP contribution is -2.32. The lowest BCUT2D eigenvalue weighted by Gasteiger charge is -2.36. The minimum Gasteiger partial charge on any atom is -0.493 e. The number of ether oxygens (including phenoxy) is 2. The van der Waals surface area contributed by atoms with Gasteiger partial charge in [0, 0.05) is 11.8 Å². The maximum absolute atomic E-state index is 6.09. The van der Waals surface area contributed by atoms with Gasteiger partial charge in [-0.05, 0) is 36.3 Å². The van der Waals surface area contributed by atoms with Gasteiger partial charge in [0.1, 0.15) is 17.6 Å². The maximum atomic E-state index is 6.09. The van der Waals surface area contributed by atoms with Gasteiger partial charge in [-0.15, -0.1) is 0 Å². The average Bonchev–Trinajstić information content (AvgIpc) is 2.56. The van der Waals surface area contributed by atoms with Gasteiger partial charge < -0.3 is 9.47 Å².